The maximum absolute atomic E-state index is 12.8. The van der Waals surface area contributed by atoms with Gasteiger partial charge in [-0.1, -0.05) is 30.3 Å². The minimum atomic E-state index is -0.350. The molecule has 0 aliphatic heterocycles. The summed E-state index contributed by atoms with van der Waals surface area (Å²) in [5.74, 6) is -0.296. The van der Waals surface area contributed by atoms with Gasteiger partial charge in [-0.05, 0) is 18.2 Å². The Morgan fingerprint density at radius 2 is 1.55 bits per heavy atom. The lowest BCUT2D eigenvalue weighted by Gasteiger charge is -2.05. The van der Waals surface area contributed by atoms with Crippen LogP contribution in [0.2, 0.25) is 0 Å². The molecule has 0 saturated carbocycles. The van der Waals surface area contributed by atoms with Gasteiger partial charge < -0.3 is 5.32 Å². The standard InChI is InChI=1S/C17H14N2O3/c1-18-15(20)10-19-14-9-5-4-8-13(14)16(21)11-6-2-3-7-12(11)17(19)22/h2-9H,10H2,1H3,(H,18,20). The summed E-state index contributed by atoms with van der Waals surface area (Å²) in [6.07, 6.45) is 0. The summed E-state index contributed by atoms with van der Waals surface area (Å²) >= 11 is 0. The fourth-order valence-corrected chi connectivity index (χ4v) is 2.55. The van der Waals surface area contributed by atoms with Gasteiger partial charge in [0.2, 0.25) is 5.91 Å². The monoisotopic (exact) mass is 294 g/mol. The minimum Gasteiger partial charge on any atom is -0.358 e. The molecule has 0 spiro atoms. The molecule has 0 bridgehead atoms. The Morgan fingerprint density at radius 3 is 2.23 bits per heavy atom. The summed E-state index contributed by atoms with van der Waals surface area (Å²) in [6.45, 7) is -0.131. The van der Waals surface area contributed by atoms with Gasteiger partial charge in [0.1, 0.15) is 6.54 Å². The maximum atomic E-state index is 12.8. The highest BCUT2D eigenvalue weighted by atomic mass is 16.2. The van der Waals surface area contributed by atoms with E-state index in [1.807, 2.05) is 0 Å². The van der Waals surface area contributed by atoms with Crippen molar-refractivity contribution < 1.29 is 4.79 Å². The normalized spacial score (nSPS) is 10.8. The number of para-hydroxylation sites is 1. The van der Waals surface area contributed by atoms with Crippen LogP contribution in [0.25, 0.3) is 21.7 Å². The molecular weight excluding hydrogens is 280 g/mol. The Bertz CT molecular complexity index is 1010. The average Bonchev–Trinajstić information content (AvgIpc) is 2.65. The second-order valence-corrected chi connectivity index (χ2v) is 4.96. The molecule has 110 valence electrons. The average molecular weight is 294 g/mol. The number of amides is 1. The number of nitrogens with zero attached hydrogens (tertiary/aromatic N) is 1. The predicted octanol–water partition coefficient (Wildman–Crippen LogP) is 1.26. The van der Waals surface area contributed by atoms with Gasteiger partial charge >= 0.3 is 0 Å². The number of carbonyl (C=O) groups is 1. The van der Waals surface area contributed by atoms with E-state index in [9.17, 15) is 14.4 Å². The van der Waals surface area contributed by atoms with Gasteiger partial charge in [0.15, 0.2) is 5.43 Å². The molecule has 1 N–H and O–H groups in total. The number of likely N-dealkylation sites (N-methyl/N-ethyl adjacent to an activating group) is 1. The van der Waals surface area contributed by atoms with Crippen molar-refractivity contribution in [2.45, 2.75) is 6.54 Å². The first kappa shape index (κ1) is 14.0. The molecular formula is C17H14N2O3. The first-order valence-corrected chi connectivity index (χ1v) is 6.88. The Hall–Kier alpha value is -2.95. The number of hydrogen-bond acceptors (Lipinski definition) is 3. The van der Waals surface area contributed by atoms with Crippen LogP contribution in [0.15, 0.2) is 58.1 Å². The molecule has 0 saturated heterocycles. The largest absolute Gasteiger partial charge is 0.358 e. The summed E-state index contributed by atoms with van der Waals surface area (Å²) in [5.41, 5.74) is -0.103. The van der Waals surface area contributed by atoms with Crippen molar-refractivity contribution >= 4 is 27.6 Å². The summed E-state index contributed by atoms with van der Waals surface area (Å²) in [4.78, 5) is 37.2. The van der Waals surface area contributed by atoms with Crippen LogP contribution >= 0.6 is 0 Å². The zero-order valence-corrected chi connectivity index (χ0v) is 12.0. The molecule has 0 unspecified atom stereocenters. The Kier molecular flexibility index (Phi) is 3.47. The van der Waals surface area contributed by atoms with E-state index >= 15 is 0 Å². The molecule has 2 aromatic carbocycles. The van der Waals surface area contributed by atoms with Gasteiger partial charge in [-0.2, -0.15) is 0 Å². The Morgan fingerprint density at radius 1 is 0.955 bits per heavy atom. The number of benzene rings is 2. The van der Waals surface area contributed by atoms with Gasteiger partial charge in [-0.25, -0.2) is 0 Å². The number of hydrogen-bond donors (Lipinski definition) is 1. The lowest BCUT2D eigenvalue weighted by molar-refractivity contribution is -0.121. The topological polar surface area (TPSA) is 68.2 Å². The quantitative estimate of drug-likeness (QED) is 0.773. The molecule has 5 heteroatoms. The highest BCUT2D eigenvalue weighted by Gasteiger charge is 2.12. The van der Waals surface area contributed by atoms with Crippen molar-refractivity contribution in [1.82, 2.24) is 9.88 Å². The highest BCUT2D eigenvalue weighted by molar-refractivity contribution is 5.91. The minimum absolute atomic E-state index is 0.131. The van der Waals surface area contributed by atoms with Gasteiger partial charge in [0.25, 0.3) is 5.56 Å². The third-order valence-corrected chi connectivity index (χ3v) is 3.67. The molecule has 1 heterocycles. The summed E-state index contributed by atoms with van der Waals surface area (Å²) in [7, 11) is 1.51. The van der Waals surface area contributed by atoms with E-state index in [0.29, 0.717) is 21.7 Å². The third kappa shape index (κ3) is 2.16. The van der Waals surface area contributed by atoms with Gasteiger partial charge in [0, 0.05) is 17.8 Å². The predicted molar refractivity (Wildman–Crippen MR) is 86.1 cm³/mol. The molecule has 0 atom stereocenters. The number of rotatable bonds is 2. The van der Waals surface area contributed by atoms with Crippen LogP contribution in [0.3, 0.4) is 0 Å². The molecule has 5 nitrogen and oxygen atoms in total. The van der Waals surface area contributed by atoms with Crippen LogP contribution < -0.4 is 16.3 Å². The molecule has 0 radical (unpaired) electrons. The molecule has 3 aromatic rings. The fourth-order valence-electron chi connectivity index (χ4n) is 2.55. The van der Waals surface area contributed by atoms with Crippen molar-refractivity contribution in [2.75, 3.05) is 7.05 Å². The number of carbonyl (C=O) groups excluding carboxylic acids is 1. The van der Waals surface area contributed by atoms with Crippen molar-refractivity contribution in [3.05, 3.63) is 69.1 Å². The summed E-state index contributed by atoms with van der Waals surface area (Å²) in [6, 6.07) is 13.5. The SMILES string of the molecule is CNC(=O)Cn1c(=O)c2ccccc2c(=O)c2ccccc21. The van der Waals surface area contributed by atoms with Gasteiger partial charge in [-0.3, -0.25) is 19.0 Å². The number of fused-ring (bicyclic) bond motifs is 2. The third-order valence-electron chi connectivity index (χ3n) is 3.67. The molecule has 1 aromatic heterocycles. The van der Waals surface area contributed by atoms with Crippen LogP contribution in [0.5, 0.6) is 0 Å². The number of aromatic nitrogens is 1. The van der Waals surface area contributed by atoms with Crippen LogP contribution in [0.4, 0.5) is 0 Å². The first-order chi connectivity index (χ1) is 10.6. The van der Waals surface area contributed by atoms with E-state index in [2.05, 4.69) is 5.32 Å². The summed E-state index contributed by atoms with van der Waals surface area (Å²) < 4.78 is 1.35. The van der Waals surface area contributed by atoms with E-state index in [0.717, 1.165) is 0 Å². The molecule has 3 rings (SSSR count). The van der Waals surface area contributed by atoms with Gasteiger partial charge in [0.05, 0.1) is 10.9 Å². The summed E-state index contributed by atoms with van der Waals surface area (Å²) in [5, 5.41) is 3.60. The van der Waals surface area contributed by atoms with Crippen molar-refractivity contribution in [1.29, 1.82) is 0 Å². The Balaban J connectivity index is 2.59. The Labute approximate surface area is 125 Å². The van der Waals surface area contributed by atoms with E-state index in [-0.39, 0.29) is 23.4 Å². The second kappa shape index (κ2) is 5.44. The van der Waals surface area contributed by atoms with E-state index in [4.69, 9.17) is 0 Å². The zero-order valence-electron chi connectivity index (χ0n) is 12.0. The maximum Gasteiger partial charge on any atom is 0.259 e. The molecule has 0 aliphatic rings. The van der Waals surface area contributed by atoms with E-state index in [1.54, 1.807) is 48.5 Å². The van der Waals surface area contributed by atoms with Crippen molar-refractivity contribution in [3.63, 3.8) is 0 Å². The lowest BCUT2D eigenvalue weighted by Crippen LogP contribution is -2.29. The lowest BCUT2D eigenvalue weighted by atomic mass is 10.1. The van der Waals surface area contributed by atoms with Crippen LogP contribution in [0.1, 0.15) is 0 Å². The van der Waals surface area contributed by atoms with E-state index in [1.165, 1.54) is 11.6 Å². The van der Waals surface area contributed by atoms with Gasteiger partial charge in [-0.15, -0.1) is 0 Å². The molecule has 0 fully saturated rings. The first-order valence-electron chi connectivity index (χ1n) is 6.88. The second-order valence-electron chi connectivity index (χ2n) is 4.96. The van der Waals surface area contributed by atoms with Crippen molar-refractivity contribution in [3.8, 4) is 0 Å². The zero-order chi connectivity index (χ0) is 15.7. The fraction of sp³-hybridized carbons (Fsp3) is 0.118. The molecule has 0 aliphatic carbocycles. The molecule has 1 amide bonds. The molecule has 22 heavy (non-hydrogen) atoms. The van der Waals surface area contributed by atoms with E-state index < -0.39 is 0 Å². The van der Waals surface area contributed by atoms with Crippen LogP contribution in [-0.2, 0) is 11.3 Å². The highest BCUT2D eigenvalue weighted by Crippen LogP contribution is 2.12. The van der Waals surface area contributed by atoms with Crippen molar-refractivity contribution in [2.24, 2.45) is 0 Å². The smallest absolute Gasteiger partial charge is 0.259 e. The van der Waals surface area contributed by atoms with Crippen LogP contribution in [0, 0.1) is 0 Å². The van der Waals surface area contributed by atoms with Crippen LogP contribution in [-0.4, -0.2) is 17.5 Å². The number of nitrogens with one attached hydrogen (secondary N) is 1.